The molecule has 0 saturated carbocycles. The third-order valence-corrected chi connectivity index (χ3v) is 4.52. The molecule has 0 saturated heterocycles. The monoisotopic (exact) mass is 285 g/mol. The van der Waals surface area contributed by atoms with Crippen molar-refractivity contribution in [3.05, 3.63) is 16.1 Å². The van der Waals surface area contributed by atoms with Crippen molar-refractivity contribution in [3.63, 3.8) is 0 Å². The fourth-order valence-corrected chi connectivity index (χ4v) is 3.00. The SMILES string of the molecule is CC(C)(C)SCC(=O)Cc1nc(C(C)(C)C)cs1. The maximum absolute atomic E-state index is 11.9. The van der Waals surface area contributed by atoms with E-state index < -0.39 is 0 Å². The zero-order valence-electron chi connectivity index (χ0n) is 12.2. The summed E-state index contributed by atoms with van der Waals surface area (Å²) in [6.45, 7) is 12.8. The van der Waals surface area contributed by atoms with Crippen molar-refractivity contribution < 1.29 is 4.79 Å². The van der Waals surface area contributed by atoms with E-state index in [1.807, 2.05) is 0 Å². The molecule has 0 N–H and O–H groups in total. The lowest BCUT2D eigenvalue weighted by Gasteiger charge is -2.16. The Balaban J connectivity index is 2.53. The molecule has 18 heavy (non-hydrogen) atoms. The summed E-state index contributed by atoms with van der Waals surface area (Å²) < 4.78 is 0.148. The van der Waals surface area contributed by atoms with Crippen LogP contribution in [0, 0.1) is 0 Å². The van der Waals surface area contributed by atoms with E-state index >= 15 is 0 Å². The number of Topliss-reactive ketones (excluding diaryl/α,β-unsaturated/α-hetero) is 1. The summed E-state index contributed by atoms with van der Waals surface area (Å²) in [5.41, 5.74) is 1.15. The molecule has 0 fully saturated rings. The number of nitrogens with zero attached hydrogens (tertiary/aromatic N) is 1. The molecule has 1 rings (SSSR count). The van der Waals surface area contributed by atoms with E-state index in [4.69, 9.17) is 0 Å². The van der Waals surface area contributed by atoms with E-state index in [1.165, 1.54) is 0 Å². The van der Waals surface area contributed by atoms with Gasteiger partial charge < -0.3 is 0 Å². The maximum atomic E-state index is 11.9. The highest BCUT2D eigenvalue weighted by molar-refractivity contribution is 8.01. The summed E-state index contributed by atoms with van der Waals surface area (Å²) >= 11 is 3.30. The third-order valence-electron chi connectivity index (χ3n) is 2.33. The molecule has 1 aromatic heterocycles. The summed E-state index contributed by atoms with van der Waals surface area (Å²) in [4.78, 5) is 16.4. The normalized spacial score (nSPS) is 12.8. The summed E-state index contributed by atoms with van der Waals surface area (Å²) in [6, 6.07) is 0. The van der Waals surface area contributed by atoms with Gasteiger partial charge in [0.1, 0.15) is 10.8 Å². The van der Waals surface area contributed by atoms with Gasteiger partial charge in [0.05, 0.1) is 17.9 Å². The van der Waals surface area contributed by atoms with E-state index in [1.54, 1.807) is 23.1 Å². The van der Waals surface area contributed by atoms with Gasteiger partial charge in [-0.2, -0.15) is 0 Å². The lowest BCUT2D eigenvalue weighted by atomic mass is 9.93. The van der Waals surface area contributed by atoms with Crippen LogP contribution in [0.4, 0.5) is 0 Å². The number of aromatic nitrogens is 1. The number of carbonyl (C=O) groups excluding carboxylic acids is 1. The first-order chi connectivity index (χ1) is 8.08. The minimum atomic E-state index is 0.0674. The van der Waals surface area contributed by atoms with E-state index in [-0.39, 0.29) is 15.9 Å². The predicted octanol–water partition coefficient (Wildman–Crippen LogP) is 4.08. The topological polar surface area (TPSA) is 30.0 Å². The second-order valence-electron chi connectivity index (χ2n) is 6.49. The Bertz CT molecular complexity index is 410. The molecule has 0 aliphatic carbocycles. The molecule has 0 aliphatic heterocycles. The Morgan fingerprint density at radius 2 is 1.89 bits per heavy atom. The second kappa shape index (κ2) is 5.74. The van der Waals surface area contributed by atoms with Gasteiger partial charge in [0.25, 0.3) is 0 Å². The summed E-state index contributed by atoms with van der Waals surface area (Å²) in [5.74, 6) is 0.846. The summed E-state index contributed by atoms with van der Waals surface area (Å²) in [7, 11) is 0. The minimum Gasteiger partial charge on any atom is -0.298 e. The number of thiazole rings is 1. The van der Waals surface area contributed by atoms with E-state index in [2.05, 4.69) is 51.9 Å². The Morgan fingerprint density at radius 3 is 2.33 bits per heavy atom. The second-order valence-corrected chi connectivity index (χ2v) is 9.24. The van der Waals surface area contributed by atoms with Gasteiger partial charge in [-0.25, -0.2) is 4.98 Å². The van der Waals surface area contributed by atoms with Gasteiger partial charge in [0, 0.05) is 15.5 Å². The van der Waals surface area contributed by atoms with Crippen molar-refractivity contribution in [1.82, 2.24) is 4.98 Å². The number of thioether (sulfide) groups is 1. The third kappa shape index (κ3) is 5.53. The highest BCUT2D eigenvalue weighted by Gasteiger charge is 2.19. The Labute approximate surface area is 119 Å². The molecule has 102 valence electrons. The molecule has 1 aromatic rings. The number of hydrogen-bond acceptors (Lipinski definition) is 4. The molecule has 0 aliphatic rings. The van der Waals surface area contributed by atoms with E-state index in [9.17, 15) is 4.79 Å². The van der Waals surface area contributed by atoms with Crippen molar-refractivity contribution in [3.8, 4) is 0 Å². The molecular weight excluding hydrogens is 262 g/mol. The number of hydrogen-bond donors (Lipinski definition) is 0. The van der Waals surface area contributed by atoms with Crippen LogP contribution in [0.25, 0.3) is 0 Å². The fourth-order valence-electron chi connectivity index (χ4n) is 1.25. The zero-order chi connectivity index (χ0) is 14.0. The molecule has 0 aromatic carbocycles. The lowest BCUT2D eigenvalue weighted by Crippen LogP contribution is -2.15. The summed E-state index contributed by atoms with van der Waals surface area (Å²) in [6.07, 6.45) is 0.476. The van der Waals surface area contributed by atoms with Crippen LogP contribution in [0.3, 0.4) is 0 Å². The van der Waals surface area contributed by atoms with Crippen molar-refractivity contribution in [2.24, 2.45) is 0 Å². The Kier molecular flexibility index (Phi) is 5.01. The number of rotatable bonds is 4. The first kappa shape index (κ1) is 15.7. The van der Waals surface area contributed by atoms with Crippen LogP contribution in [0.1, 0.15) is 52.2 Å². The van der Waals surface area contributed by atoms with Crippen LogP contribution in [0.15, 0.2) is 5.38 Å². The van der Waals surface area contributed by atoms with Crippen LogP contribution < -0.4 is 0 Å². The predicted molar refractivity (Wildman–Crippen MR) is 81.7 cm³/mol. The molecule has 4 heteroatoms. The highest BCUT2D eigenvalue weighted by atomic mass is 32.2. The first-order valence-electron chi connectivity index (χ1n) is 6.18. The highest BCUT2D eigenvalue weighted by Crippen LogP contribution is 2.26. The zero-order valence-corrected chi connectivity index (χ0v) is 13.8. The minimum absolute atomic E-state index is 0.0674. The Hall–Kier alpha value is -0.350. The van der Waals surface area contributed by atoms with Gasteiger partial charge in [-0.05, 0) is 0 Å². The smallest absolute Gasteiger partial charge is 0.149 e. The number of ketones is 1. The summed E-state index contributed by atoms with van der Waals surface area (Å²) in [5, 5.41) is 3.01. The van der Waals surface area contributed by atoms with Crippen molar-refractivity contribution in [2.45, 2.75) is 58.1 Å². The van der Waals surface area contributed by atoms with Gasteiger partial charge in [-0.1, -0.05) is 41.5 Å². The standard InChI is InChI=1S/C14H23NOS2/c1-13(2,3)11-9-17-12(15-11)7-10(16)8-18-14(4,5)6/h9H,7-8H2,1-6H3. The Morgan fingerprint density at radius 1 is 1.28 bits per heavy atom. The quantitative estimate of drug-likeness (QED) is 0.835. The molecule has 0 bridgehead atoms. The van der Waals surface area contributed by atoms with Gasteiger partial charge in [-0.15, -0.1) is 23.1 Å². The van der Waals surface area contributed by atoms with Gasteiger partial charge in [-0.3, -0.25) is 4.79 Å². The largest absolute Gasteiger partial charge is 0.298 e. The van der Waals surface area contributed by atoms with E-state index in [0.717, 1.165) is 10.7 Å². The molecule has 0 radical (unpaired) electrons. The molecule has 2 nitrogen and oxygen atoms in total. The molecule has 0 unspecified atom stereocenters. The van der Waals surface area contributed by atoms with Gasteiger partial charge in [0.15, 0.2) is 0 Å². The van der Waals surface area contributed by atoms with Crippen molar-refractivity contribution >= 4 is 28.9 Å². The molecule has 0 atom stereocenters. The number of carbonyl (C=O) groups is 1. The van der Waals surface area contributed by atoms with Crippen molar-refractivity contribution in [2.75, 3.05) is 5.75 Å². The van der Waals surface area contributed by atoms with Crippen LogP contribution in [0.5, 0.6) is 0 Å². The van der Waals surface area contributed by atoms with Crippen LogP contribution in [-0.4, -0.2) is 21.3 Å². The molecule has 1 heterocycles. The average molecular weight is 285 g/mol. The van der Waals surface area contributed by atoms with Crippen LogP contribution >= 0.6 is 23.1 Å². The van der Waals surface area contributed by atoms with E-state index in [0.29, 0.717) is 12.2 Å². The first-order valence-corrected chi connectivity index (χ1v) is 8.05. The molecule has 0 spiro atoms. The van der Waals surface area contributed by atoms with Crippen LogP contribution in [-0.2, 0) is 16.6 Å². The van der Waals surface area contributed by atoms with Gasteiger partial charge >= 0.3 is 0 Å². The average Bonchev–Trinajstić information content (AvgIpc) is 2.61. The molecule has 0 amide bonds. The van der Waals surface area contributed by atoms with Gasteiger partial charge in [0.2, 0.25) is 0 Å². The fraction of sp³-hybridized carbons (Fsp3) is 0.714. The van der Waals surface area contributed by atoms with Crippen LogP contribution in [0.2, 0.25) is 0 Å². The maximum Gasteiger partial charge on any atom is 0.149 e. The molecular formula is C14H23NOS2. The van der Waals surface area contributed by atoms with Crippen molar-refractivity contribution in [1.29, 1.82) is 0 Å². The lowest BCUT2D eigenvalue weighted by molar-refractivity contribution is -0.116.